The number of carbonyl (C=O) groups is 1. The first-order chi connectivity index (χ1) is 9.49. The Hall–Kier alpha value is -2.48. The number of nitriles is 1. The number of esters is 1. The zero-order valence-electron chi connectivity index (χ0n) is 12.0. The SMILES string of the molecule is COc1cc(C=C(C#N)C(=O)OC(C)C)cc(OC)c1. The van der Waals surface area contributed by atoms with Crippen molar-refractivity contribution in [1.29, 1.82) is 5.26 Å². The predicted octanol–water partition coefficient (Wildman–Crippen LogP) is 2.56. The Bertz CT molecular complexity index is 533. The standard InChI is InChI=1S/C15H17NO4/c1-10(2)20-15(17)12(9-16)5-11-6-13(18-3)8-14(7-11)19-4/h5-8,10H,1-4H3. The van der Waals surface area contributed by atoms with E-state index in [0.29, 0.717) is 17.1 Å². The normalized spacial score (nSPS) is 10.9. The van der Waals surface area contributed by atoms with Gasteiger partial charge in [0.1, 0.15) is 23.1 Å². The number of methoxy groups -OCH3 is 2. The summed E-state index contributed by atoms with van der Waals surface area (Å²) in [5.74, 6) is 0.500. The Labute approximate surface area is 118 Å². The minimum atomic E-state index is -0.649. The van der Waals surface area contributed by atoms with Gasteiger partial charge in [-0.25, -0.2) is 4.79 Å². The molecule has 0 unspecified atom stereocenters. The molecule has 0 saturated carbocycles. The molecule has 1 rings (SSSR count). The molecule has 0 aliphatic heterocycles. The molecule has 0 N–H and O–H groups in total. The van der Waals surface area contributed by atoms with E-state index in [1.807, 2.05) is 6.07 Å². The highest BCUT2D eigenvalue weighted by molar-refractivity contribution is 5.98. The van der Waals surface area contributed by atoms with E-state index in [2.05, 4.69) is 0 Å². The zero-order valence-corrected chi connectivity index (χ0v) is 12.0. The van der Waals surface area contributed by atoms with Crippen LogP contribution in [0.15, 0.2) is 23.8 Å². The maximum Gasteiger partial charge on any atom is 0.349 e. The summed E-state index contributed by atoms with van der Waals surface area (Å²) in [6.45, 7) is 3.45. The Kier molecular flexibility index (Phi) is 5.60. The molecule has 0 heterocycles. The molecule has 20 heavy (non-hydrogen) atoms. The van der Waals surface area contributed by atoms with Gasteiger partial charge in [-0.05, 0) is 37.6 Å². The van der Waals surface area contributed by atoms with Crippen molar-refractivity contribution in [1.82, 2.24) is 0 Å². The van der Waals surface area contributed by atoms with Crippen LogP contribution in [0.25, 0.3) is 6.08 Å². The maximum atomic E-state index is 11.7. The molecular formula is C15H17NO4. The van der Waals surface area contributed by atoms with Crippen LogP contribution in [0.5, 0.6) is 11.5 Å². The molecule has 0 atom stereocenters. The van der Waals surface area contributed by atoms with Crippen LogP contribution in [0.2, 0.25) is 0 Å². The van der Waals surface area contributed by atoms with Gasteiger partial charge in [-0.15, -0.1) is 0 Å². The highest BCUT2D eigenvalue weighted by Crippen LogP contribution is 2.24. The summed E-state index contributed by atoms with van der Waals surface area (Å²) in [6, 6.07) is 6.93. The van der Waals surface area contributed by atoms with Gasteiger partial charge in [0.15, 0.2) is 0 Å². The van der Waals surface area contributed by atoms with E-state index >= 15 is 0 Å². The zero-order chi connectivity index (χ0) is 15.1. The average molecular weight is 275 g/mol. The van der Waals surface area contributed by atoms with Crippen molar-refractivity contribution in [3.8, 4) is 17.6 Å². The minimum Gasteiger partial charge on any atom is -0.497 e. The van der Waals surface area contributed by atoms with Gasteiger partial charge in [0.25, 0.3) is 0 Å². The summed E-state index contributed by atoms with van der Waals surface area (Å²) in [5.41, 5.74) is 0.549. The van der Waals surface area contributed by atoms with Crippen LogP contribution < -0.4 is 9.47 Å². The topological polar surface area (TPSA) is 68.5 Å². The van der Waals surface area contributed by atoms with Crippen LogP contribution in [-0.2, 0) is 9.53 Å². The lowest BCUT2D eigenvalue weighted by atomic mass is 10.1. The molecule has 0 aromatic heterocycles. The molecule has 1 aromatic rings. The second-order valence-electron chi connectivity index (χ2n) is 4.27. The van der Waals surface area contributed by atoms with Crippen LogP contribution in [0.1, 0.15) is 19.4 Å². The van der Waals surface area contributed by atoms with Gasteiger partial charge in [0, 0.05) is 6.07 Å². The van der Waals surface area contributed by atoms with E-state index in [4.69, 9.17) is 19.5 Å². The number of hydrogen-bond acceptors (Lipinski definition) is 5. The van der Waals surface area contributed by atoms with Gasteiger partial charge in [0.2, 0.25) is 0 Å². The Morgan fingerprint density at radius 2 is 1.75 bits per heavy atom. The predicted molar refractivity (Wildman–Crippen MR) is 74.4 cm³/mol. The molecule has 0 amide bonds. The minimum absolute atomic E-state index is 0.0750. The van der Waals surface area contributed by atoms with Gasteiger partial charge >= 0.3 is 5.97 Å². The highest BCUT2D eigenvalue weighted by Gasteiger charge is 2.13. The van der Waals surface area contributed by atoms with Crippen LogP contribution in [0.3, 0.4) is 0 Å². The van der Waals surface area contributed by atoms with Crippen molar-refractivity contribution in [3.05, 3.63) is 29.3 Å². The molecule has 0 bridgehead atoms. The van der Waals surface area contributed by atoms with Crippen LogP contribution in [0.4, 0.5) is 0 Å². The van der Waals surface area contributed by atoms with E-state index in [-0.39, 0.29) is 11.7 Å². The third-order valence-electron chi connectivity index (χ3n) is 2.37. The second kappa shape index (κ2) is 7.19. The molecule has 0 spiro atoms. The van der Waals surface area contributed by atoms with Crippen LogP contribution in [-0.4, -0.2) is 26.3 Å². The van der Waals surface area contributed by atoms with Gasteiger partial charge < -0.3 is 14.2 Å². The smallest absolute Gasteiger partial charge is 0.349 e. The van der Waals surface area contributed by atoms with E-state index < -0.39 is 5.97 Å². The molecule has 0 fully saturated rings. The summed E-state index contributed by atoms with van der Waals surface area (Å²) in [4.78, 5) is 11.7. The molecule has 5 heteroatoms. The quantitative estimate of drug-likeness (QED) is 0.469. The van der Waals surface area contributed by atoms with Crippen molar-refractivity contribution in [2.45, 2.75) is 20.0 Å². The number of carbonyl (C=O) groups excluding carboxylic acids is 1. The van der Waals surface area contributed by atoms with Crippen LogP contribution >= 0.6 is 0 Å². The average Bonchev–Trinajstić information content (AvgIpc) is 2.43. The molecule has 0 aliphatic carbocycles. The first kappa shape index (κ1) is 15.6. The Balaban J connectivity index is 3.12. The third kappa shape index (κ3) is 4.32. The van der Waals surface area contributed by atoms with E-state index in [0.717, 1.165) is 0 Å². The number of benzene rings is 1. The van der Waals surface area contributed by atoms with Crippen molar-refractivity contribution < 1.29 is 19.0 Å². The summed E-state index contributed by atoms with van der Waals surface area (Å²) in [7, 11) is 3.06. The van der Waals surface area contributed by atoms with Crippen molar-refractivity contribution in [3.63, 3.8) is 0 Å². The van der Waals surface area contributed by atoms with Crippen molar-refractivity contribution in [2.75, 3.05) is 14.2 Å². The maximum absolute atomic E-state index is 11.7. The Morgan fingerprint density at radius 3 is 2.15 bits per heavy atom. The lowest BCUT2D eigenvalue weighted by Gasteiger charge is -2.08. The summed E-state index contributed by atoms with van der Waals surface area (Å²) in [5, 5.41) is 9.04. The fourth-order valence-corrected chi connectivity index (χ4v) is 1.49. The van der Waals surface area contributed by atoms with Crippen molar-refractivity contribution >= 4 is 12.0 Å². The van der Waals surface area contributed by atoms with Gasteiger partial charge in [-0.2, -0.15) is 5.26 Å². The first-order valence-corrected chi connectivity index (χ1v) is 6.06. The summed E-state index contributed by atoms with van der Waals surface area (Å²) >= 11 is 0. The van der Waals surface area contributed by atoms with Gasteiger partial charge in [-0.3, -0.25) is 0 Å². The first-order valence-electron chi connectivity index (χ1n) is 6.06. The Morgan fingerprint density at radius 1 is 1.20 bits per heavy atom. The number of hydrogen-bond donors (Lipinski definition) is 0. The van der Waals surface area contributed by atoms with Gasteiger partial charge in [-0.1, -0.05) is 0 Å². The van der Waals surface area contributed by atoms with Crippen molar-refractivity contribution in [2.24, 2.45) is 0 Å². The van der Waals surface area contributed by atoms with Crippen LogP contribution in [0, 0.1) is 11.3 Å². The number of nitrogens with zero attached hydrogens (tertiary/aromatic N) is 1. The van der Waals surface area contributed by atoms with E-state index in [1.165, 1.54) is 20.3 Å². The number of ether oxygens (including phenoxy) is 3. The largest absolute Gasteiger partial charge is 0.497 e. The monoisotopic (exact) mass is 275 g/mol. The molecule has 0 saturated heterocycles. The number of rotatable bonds is 5. The fraction of sp³-hybridized carbons (Fsp3) is 0.333. The van der Waals surface area contributed by atoms with E-state index in [9.17, 15) is 4.79 Å². The summed E-state index contributed by atoms with van der Waals surface area (Å²) in [6.07, 6.45) is 1.16. The lowest BCUT2D eigenvalue weighted by molar-refractivity contribution is -0.142. The molecule has 0 radical (unpaired) electrons. The highest BCUT2D eigenvalue weighted by atomic mass is 16.5. The molecule has 0 aliphatic rings. The molecule has 106 valence electrons. The lowest BCUT2D eigenvalue weighted by Crippen LogP contribution is -2.12. The fourth-order valence-electron chi connectivity index (χ4n) is 1.49. The summed E-state index contributed by atoms with van der Waals surface area (Å²) < 4.78 is 15.3. The third-order valence-corrected chi connectivity index (χ3v) is 2.37. The molecule has 1 aromatic carbocycles. The second-order valence-corrected chi connectivity index (χ2v) is 4.27. The molecular weight excluding hydrogens is 258 g/mol. The van der Waals surface area contributed by atoms with Gasteiger partial charge in [0.05, 0.1) is 20.3 Å². The van der Waals surface area contributed by atoms with E-state index in [1.54, 1.807) is 32.0 Å². The molecule has 5 nitrogen and oxygen atoms in total.